The van der Waals surface area contributed by atoms with Crippen molar-refractivity contribution < 1.29 is 9.53 Å². The molecule has 1 unspecified atom stereocenters. The lowest BCUT2D eigenvalue weighted by atomic mass is 9.82. The lowest BCUT2D eigenvalue weighted by Gasteiger charge is -2.23. The van der Waals surface area contributed by atoms with E-state index in [0.717, 1.165) is 24.8 Å². The van der Waals surface area contributed by atoms with Gasteiger partial charge in [-0.05, 0) is 46.9 Å². The Morgan fingerprint density at radius 2 is 1.83 bits per heavy atom. The molecule has 0 aliphatic heterocycles. The Labute approximate surface area is 144 Å². The van der Waals surface area contributed by atoms with E-state index in [0.29, 0.717) is 6.42 Å². The number of benzene rings is 2. The van der Waals surface area contributed by atoms with Crippen LogP contribution in [-0.4, -0.2) is 5.97 Å². The zero-order chi connectivity index (χ0) is 17.2. The average molecular weight is 322 g/mol. The molecule has 0 amide bonds. The first-order chi connectivity index (χ1) is 11.5. The Morgan fingerprint density at radius 3 is 2.54 bits per heavy atom. The fourth-order valence-electron chi connectivity index (χ4n) is 3.29. The predicted octanol–water partition coefficient (Wildman–Crippen LogP) is 5.15. The van der Waals surface area contributed by atoms with Gasteiger partial charge in [0, 0.05) is 0 Å². The molecule has 2 aromatic carbocycles. The summed E-state index contributed by atoms with van der Waals surface area (Å²) in [4.78, 5) is 12.3. The highest BCUT2D eigenvalue weighted by Gasteiger charge is 2.25. The predicted molar refractivity (Wildman–Crippen MR) is 97.1 cm³/mol. The van der Waals surface area contributed by atoms with Crippen molar-refractivity contribution >= 4 is 5.97 Å². The number of hydrogen-bond acceptors (Lipinski definition) is 2. The lowest BCUT2D eigenvalue weighted by Crippen LogP contribution is -2.15. The molecule has 0 fully saturated rings. The standard InChI is InChI=1S/C22H26O2/c1-4-22(2,3)18-12-9-16(10-13-18)15-21(23)24-20-14-11-17-7-5-6-8-19(17)20/h5-10,12-13,20H,4,11,14-15H2,1-3H3. The van der Waals surface area contributed by atoms with Crippen molar-refractivity contribution in [3.05, 3.63) is 70.8 Å². The van der Waals surface area contributed by atoms with Gasteiger partial charge in [-0.1, -0.05) is 69.3 Å². The molecule has 126 valence electrons. The Bertz CT molecular complexity index is 713. The molecule has 1 aliphatic carbocycles. The number of carbonyl (C=O) groups excluding carboxylic acids is 1. The fourth-order valence-corrected chi connectivity index (χ4v) is 3.29. The van der Waals surface area contributed by atoms with Crippen molar-refractivity contribution in [1.29, 1.82) is 0 Å². The van der Waals surface area contributed by atoms with Crippen LogP contribution < -0.4 is 0 Å². The molecule has 2 heteroatoms. The molecule has 0 spiro atoms. The van der Waals surface area contributed by atoms with Crippen LogP contribution >= 0.6 is 0 Å². The highest BCUT2D eigenvalue weighted by molar-refractivity contribution is 5.73. The zero-order valence-corrected chi connectivity index (χ0v) is 14.8. The highest BCUT2D eigenvalue weighted by Crippen LogP contribution is 2.34. The Hall–Kier alpha value is -2.09. The van der Waals surface area contributed by atoms with Crippen LogP contribution in [-0.2, 0) is 27.8 Å². The fraction of sp³-hybridized carbons (Fsp3) is 0.409. The summed E-state index contributed by atoms with van der Waals surface area (Å²) < 4.78 is 5.72. The van der Waals surface area contributed by atoms with Crippen LogP contribution in [0.5, 0.6) is 0 Å². The van der Waals surface area contributed by atoms with Gasteiger partial charge in [0.05, 0.1) is 6.42 Å². The Kier molecular flexibility index (Phi) is 4.75. The third-order valence-corrected chi connectivity index (χ3v) is 5.32. The molecule has 2 nitrogen and oxygen atoms in total. The zero-order valence-electron chi connectivity index (χ0n) is 14.8. The van der Waals surface area contributed by atoms with E-state index in [4.69, 9.17) is 4.74 Å². The number of fused-ring (bicyclic) bond motifs is 1. The number of esters is 1. The maximum atomic E-state index is 12.3. The van der Waals surface area contributed by atoms with Crippen LogP contribution in [0.15, 0.2) is 48.5 Å². The number of aryl methyl sites for hydroxylation is 1. The van der Waals surface area contributed by atoms with Gasteiger partial charge in [-0.15, -0.1) is 0 Å². The maximum absolute atomic E-state index is 12.3. The van der Waals surface area contributed by atoms with E-state index in [1.807, 2.05) is 12.1 Å². The van der Waals surface area contributed by atoms with Gasteiger partial charge in [-0.2, -0.15) is 0 Å². The molecule has 0 N–H and O–H groups in total. The van der Waals surface area contributed by atoms with Crippen LogP contribution in [0.4, 0.5) is 0 Å². The summed E-state index contributed by atoms with van der Waals surface area (Å²) in [6.07, 6.45) is 3.25. The van der Waals surface area contributed by atoms with Gasteiger partial charge in [-0.3, -0.25) is 4.79 Å². The summed E-state index contributed by atoms with van der Waals surface area (Å²) in [6.45, 7) is 6.69. The minimum absolute atomic E-state index is 0.0769. The second-order valence-corrected chi connectivity index (χ2v) is 7.33. The van der Waals surface area contributed by atoms with Crippen molar-refractivity contribution in [2.45, 2.75) is 58.0 Å². The first-order valence-electron chi connectivity index (χ1n) is 8.86. The molecular formula is C22H26O2. The second kappa shape index (κ2) is 6.80. The van der Waals surface area contributed by atoms with Crippen LogP contribution in [0.3, 0.4) is 0 Å². The summed E-state index contributed by atoms with van der Waals surface area (Å²) in [7, 11) is 0. The third kappa shape index (κ3) is 3.53. The van der Waals surface area contributed by atoms with Gasteiger partial charge in [0.25, 0.3) is 0 Å². The van der Waals surface area contributed by atoms with Crippen LogP contribution in [0.1, 0.15) is 62.0 Å². The molecule has 2 aromatic rings. The maximum Gasteiger partial charge on any atom is 0.310 e. The number of ether oxygens (including phenoxy) is 1. The molecule has 0 bridgehead atoms. The average Bonchev–Trinajstić information content (AvgIpc) is 2.98. The molecule has 3 rings (SSSR count). The van der Waals surface area contributed by atoms with Gasteiger partial charge in [0.15, 0.2) is 0 Å². The molecule has 1 aliphatic rings. The van der Waals surface area contributed by atoms with Crippen molar-refractivity contribution in [3.8, 4) is 0 Å². The summed E-state index contributed by atoms with van der Waals surface area (Å²) in [6, 6.07) is 16.6. The Morgan fingerprint density at radius 1 is 1.12 bits per heavy atom. The molecule has 24 heavy (non-hydrogen) atoms. The van der Waals surface area contributed by atoms with Crippen LogP contribution in [0.25, 0.3) is 0 Å². The van der Waals surface area contributed by atoms with Gasteiger partial charge >= 0.3 is 5.97 Å². The summed E-state index contributed by atoms with van der Waals surface area (Å²) in [5.74, 6) is -0.140. The quantitative estimate of drug-likeness (QED) is 0.712. The number of carbonyl (C=O) groups is 1. The number of rotatable bonds is 5. The van der Waals surface area contributed by atoms with Gasteiger partial charge in [0.1, 0.15) is 6.10 Å². The molecule has 1 atom stereocenters. The minimum atomic E-state index is -0.140. The Balaban J connectivity index is 1.62. The van der Waals surface area contributed by atoms with E-state index in [2.05, 4.69) is 57.2 Å². The van der Waals surface area contributed by atoms with E-state index < -0.39 is 0 Å². The smallest absolute Gasteiger partial charge is 0.310 e. The van der Waals surface area contributed by atoms with Gasteiger partial charge < -0.3 is 4.74 Å². The topological polar surface area (TPSA) is 26.3 Å². The van der Waals surface area contributed by atoms with E-state index in [-0.39, 0.29) is 17.5 Å². The third-order valence-electron chi connectivity index (χ3n) is 5.32. The van der Waals surface area contributed by atoms with Crippen LogP contribution in [0.2, 0.25) is 0 Å². The van der Waals surface area contributed by atoms with Gasteiger partial charge in [0.2, 0.25) is 0 Å². The molecule has 0 heterocycles. The van der Waals surface area contributed by atoms with E-state index in [1.165, 1.54) is 16.7 Å². The first-order valence-corrected chi connectivity index (χ1v) is 8.86. The normalized spacial score (nSPS) is 16.7. The summed E-state index contributed by atoms with van der Waals surface area (Å²) >= 11 is 0. The first kappa shape index (κ1) is 16.8. The highest BCUT2D eigenvalue weighted by atomic mass is 16.5. The summed E-state index contributed by atoms with van der Waals surface area (Å²) in [5.41, 5.74) is 4.98. The van der Waals surface area contributed by atoms with Crippen LogP contribution in [0, 0.1) is 0 Å². The van der Waals surface area contributed by atoms with E-state index in [1.54, 1.807) is 0 Å². The molecular weight excluding hydrogens is 296 g/mol. The van der Waals surface area contributed by atoms with Crippen molar-refractivity contribution in [3.63, 3.8) is 0 Å². The molecule has 0 radical (unpaired) electrons. The van der Waals surface area contributed by atoms with E-state index in [9.17, 15) is 4.79 Å². The molecule has 0 saturated carbocycles. The van der Waals surface area contributed by atoms with Gasteiger partial charge in [-0.25, -0.2) is 0 Å². The molecule has 0 aromatic heterocycles. The minimum Gasteiger partial charge on any atom is -0.457 e. The SMILES string of the molecule is CCC(C)(C)c1ccc(CC(=O)OC2CCc3ccccc32)cc1. The monoisotopic (exact) mass is 322 g/mol. The van der Waals surface area contributed by atoms with E-state index >= 15 is 0 Å². The summed E-state index contributed by atoms with van der Waals surface area (Å²) in [5, 5.41) is 0. The lowest BCUT2D eigenvalue weighted by molar-refractivity contribution is -0.148. The molecule has 0 saturated heterocycles. The number of hydrogen-bond donors (Lipinski definition) is 0. The second-order valence-electron chi connectivity index (χ2n) is 7.33. The van der Waals surface area contributed by atoms with Crippen molar-refractivity contribution in [2.75, 3.05) is 0 Å². The van der Waals surface area contributed by atoms with Crippen molar-refractivity contribution in [1.82, 2.24) is 0 Å². The largest absolute Gasteiger partial charge is 0.457 e. The van der Waals surface area contributed by atoms with Crippen molar-refractivity contribution in [2.24, 2.45) is 0 Å².